The van der Waals surface area contributed by atoms with Gasteiger partial charge in [0.25, 0.3) is 0 Å². The third-order valence-corrected chi connectivity index (χ3v) is 2.84. The van der Waals surface area contributed by atoms with E-state index >= 15 is 0 Å². The molecule has 1 N–H and O–H groups in total. The maximum atomic E-state index is 8.25. The largest absolute Gasteiger partial charge is 0.239 e. The van der Waals surface area contributed by atoms with Crippen molar-refractivity contribution in [2.45, 2.75) is 37.5 Å². The smallest absolute Gasteiger partial charge is 0.0679 e. The van der Waals surface area contributed by atoms with Crippen LogP contribution in [0.2, 0.25) is 0 Å². The van der Waals surface area contributed by atoms with Crippen molar-refractivity contribution in [1.82, 2.24) is 0 Å². The van der Waals surface area contributed by atoms with Crippen molar-refractivity contribution in [3.63, 3.8) is 0 Å². The van der Waals surface area contributed by atoms with Gasteiger partial charge in [0.2, 0.25) is 0 Å². The molecule has 3 heteroatoms. The quantitative estimate of drug-likeness (QED) is 0.453. The first-order valence-corrected chi connectivity index (χ1v) is 5.60. The van der Waals surface area contributed by atoms with Crippen LogP contribution in [0, 0.1) is 0 Å². The lowest BCUT2D eigenvalue weighted by Crippen LogP contribution is -1.92. The molecule has 2 nitrogen and oxygen atoms in total. The summed E-state index contributed by atoms with van der Waals surface area (Å²) < 4.78 is 3.99. The molecule has 0 aromatic heterocycles. The van der Waals surface area contributed by atoms with Gasteiger partial charge in [0.15, 0.2) is 0 Å². The van der Waals surface area contributed by atoms with E-state index in [1.54, 1.807) is 0 Å². The molecule has 0 aliphatic rings. The minimum Gasteiger partial charge on any atom is -0.239 e. The van der Waals surface area contributed by atoms with Gasteiger partial charge < -0.3 is 0 Å². The molecule has 78 valence electrons. The summed E-state index contributed by atoms with van der Waals surface area (Å²) in [5.41, 5.74) is 1.34. The summed E-state index contributed by atoms with van der Waals surface area (Å²) in [4.78, 5) is 0.917. The third kappa shape index (κ3) is 3.33. The van der Waals surface area contributed by atoms with Gasteiger partial charge >= 0.3 is 0 Å². The van der Waals surface area contributed by atoms with Crippen LogP contribution in [-0.2, 0) is 4.33 Å². The summed E-state index contributed by atoms with van der Waals surface area (Å²) in [7, 11) is 0. The lowest BCUT2D eigenvalue weighted by molar-refractivity contribution is -0.116. The molecule has 0 spiro atoms. The average molecular weight is 212 g/mol. The number of benzene rings is 1. The first-order chi connectivity index (χ1) is 6.77. The molecule has 0 saturated carbocycles. The third-order valence-electron chi connectivity index (χ3n) is 2.30. The summed E-state index contributed by atoms with van der Waals surface area (Å²) in [6.45, 7) is 4.43. The summed E-state index contributed by atoms with van der Waals surface area (Å²) in [5.74, 6) is 0.606. The van der Waals surface area contributed by atoms with Crippen LogP contribution >= 0.6 is 12.0 Å². The Morgan fingerprint density at radius 2 is 2.00 bits per heavy atom. The van der Waals surface area contributed by atoms with Crippen molar-refractivity contribution in [3.05, 3.63) is 29.8 Å². The van der Waals surface area contributed by atoms with Crippen molar-refractivity contribution in [2.75, 3.05) is 0 Å². The van der Waals surface area contributed by atoms with Crippen LogP contribution in [0.1, 0.15) is 38.2 Å². The van der Waals surface area contributed by atoms with E-state index in [4.69, 9.17) is 5.26 Å². The predicted octanol–water partition coefficient (Wildman–Crippen LogP) is 4.09. The van der Waals surface area contributed by atoms with Gasteiger partial charge in [-0.3, -0.25) is 0 Å². The van der Waals surface area contributed by atoms with E-state index in [1.165, 1.54) is 18.4 Å². The second kappa shape index (κ2) is 6.06. The Morgan fingerprint density at radius 1 is 1.36 bits per heavy atom. The zero-order chi connectivity index (χ0) is 10.4. The van der Waals surface area contributed by atoms with Crippen LogP contribution in [0.4, 0.5) is 0 Å². The molecular formula is C11H16O2S. The van der Waals surface area contributed by atoms with Gasteiger partial charge in [-0.15, -0.1) is 0 Å². The first-order valence-electron chi connectivity index (χ1n) is 4.86. The van der Waals surface area contributed by atoms with Crippen molar-refractivity contribution in [3.8, 4) is 0 Å². The Bertz CT molecular complexity index is 258. The van der Waals surface area contributed by atoms with E-state index in [2.05, 4.69) is 30.3 Å². The van der Waals surface area contributed by atoms with Crippen LogP contribution in [0.5, 0.6) is 0 Å². The maximum absolute atomic E-state index is 8.25. The monoisotopic (exact) mass is 212 g/mol. The second-order valence-corrected chi connectivity index (χ2v) is 4.20. The van der Waals surface area contributed by atoms with E-state index in [9.17, 15) is 0 Å². The molecule has 0 radical (unpaired) electrons. The zero-order valence-corrected chi connectivity index (χ0v) is 9.38. The van der Waals surface area contributed by atoms with Gasteiger partial charge in [-0.1, -0.05) is 32.4 Å². The van der Waals surface area contributed by atoms with Gasteiger partial charge in [0, 0.05) is 4.90 Å². The second-order valence-electron chi connectivity index (χ2n) is 3.42. The van der Waals surface area contributed by atoms with Gasteiger partial charge in [-0.05, 0) is 30.0 Å². The van der Waals surface area contributed by atoms with Crippen molar-refractivity contribution >= 4 is 12.0 Å². The van der Waals surface area contributed by atoms with E-state index in [-0.39, 0.29) is 0 Å². The van der Waals surface area contributed by atoms with Crippen molar-refractivity contribution in [2.24, 2.45) is 0 Å². The summed E-state index contributed by atoms with van der Waals surface area (Å²) >= 11 is 0.965. The maximum Gasteiger partial charge on any atom is 0.0679 e. The minimum absolute atomic E-state index is 0.606. The fourth-order valence-corrected chi connectivity index (χ4v) is 1.83. The number of hydrogen-bond donors (Lipinski definition) is 1. The molecule has 0 aliphatic heterocycles. The summed E-state index contributed by atoms with van der Waals surface area (Å²) in [6, 6.07) is 8.09. The molecule has 1 unspecified atom stereocenters. The Kier molecular flexibility index (Phi) is 5.01. The van der Waals surface area contributed by atoms with E-state index in [0.717, 1.165) is 16.9 Å². The molecule has 1 aromatic rings. The molecule has 1 atom stereocenters. The highest BCUT2D eigenvalue weighted by atomic mass is 32.2. The van der Waals surface area contributed by atoms with Crippen LogP contribution in [0.3, 0.4) is 0 Å². The van der Waals surface area contributed by atoms with Crippen LogP contribution < -0.4 is 0 Å². The molecule has 0 heterocycles. The van der Waals surface area contributed by atoms with E-state index in [1.807, 2.05) is 12.1 Å². The Balaban J connectivity index is 2.62. The van der Waals surface area contributed by atoms with Crippen LogP contribution in [-0.4, -0.2) is 5.26 Å². The SMILES string of the molecule is CCCC(C)c1ccc(SOO)cc1. The molecule has 0 aliphatic carbocycles. The molecule has 14 heavy (non-hydrogen) atoms. The number of rotatable bonds is 5. The Labute approximate surface area is 89.4 Å². The van der Waals surface area contributed by atoms with E-state index in [0.29, 0.717) is 5.92 Å². The summed E-state index contributed by atoms with van der Waals surface area (Å²) in [5, 5.41) is 8.25. The molecule has 1 aromatic carbocycles. The van der Waals surface area contributed by atoms with Crippen molar-refractivity contribution < 1.29 is 9.59 Å². The Hall–Kier alpha value is -0.510. The Morgan fingerprint density at radius 3 is 2.50 bits per heavy atom. The molecule has 0 saturated heterocycles. The molecular weight excluding hydrogens is 196 g/mol. The highest BCUT2D eigenvalue weighted by Crippen LogP contribution is 2.24. The predicted molar refractivity (Wildman–Crippen MR) is 59.3 cm³/mol. The first kappa shape index (κ1) is 11.6. The molecule has 0 fully saturated rings. The fourth-order valence-electron chi connectivity index (χ4n) is 1.49. The van der Waals surface area contributed by atoms with E-state index < -0.39 is 0 Å². The molecule has 0 amide bonds. The van der Waals surface area contributed by atoms with Gasteiger partial charge in [0.05, 0.1) is 12.0 Å². The lowest BCUT2D eigenvalue weighted by Gasteiger charge is -2.10. The van der Waals surface area contributed by atoms with Gasteiger partial charge in [-0.2, -0.15) is 4.33 Å². The standard InChI is InChI=1S/C11H16O2S/c1-3-4-9(2)10-5-7-11(8-6-10)14-13-12/h5-9,12H,3-4H2,1-2H3. The molecule has 0 bridgehead atoms. The normalized spacial score (nSPS) is 12.8. The average Bonchev–Trinajstić information content (AvgIpc) is 2.20. The van der Waals surface area contributed by atoms with Gasteiger partial charge in [-0.25, -0.2) is 5.26 Å². The van der Waals surface area contributed by atoms with Gasteiger partial charge in [0.1, 0.15) is 0 Å². The molecule has 1 rings (SSSR count). The highest BCUT2D eigenvalue weighted by molar-refractivity contribution is 7.94. The minimum atomic E-state index is 0.606. The highest BCUT2D eigenvalue weighted by Gasteiger charge is 2.03. The lowest BCUT2D eigenvalue weighted by atomic mass is 9.97. The van der Waals surface area contributed by atoms with Crippen LogP contribution in [0.25, 0.3) is 0 Å². The fraction of sp³-hybridized carbons (Fsp3) is 0.455. The zero-order valence-electron chi connectivity index (χ0n) is 8.56. The number of hydrogen-bond acceptors (Lipinski definition) is 3. The van der Waals surface area contributed by atoms with Crippen molar-refractivity contribution in [1.29, 1.82) is 0 Å². The van der Waals surface area contributed by atoms with Crippen LogP contribution in [0.15, 0.2) is 29.2 Å². The summed E-state index contributed by atoms with van der Waals surface area (Å²) in [6.07, 6.45) is 2.42. The topological polar surface area (TPSA) is 29.5 Å².